The molecule has 0 unspecified atom stereocenters. The predicted octanol–water partition coefficient (Wildman–Crippen LogP) is 6.27. The molecule has 24 heavy (non-hydrogen) atoms. The molecule has 124 valence electrons. The monoisotopic (exact) mass is 350 g/mol. The molecule has 0 radical (unpaired) electrons. The van der Waals surface area contributed by atoms with Crippen molar-refractivity contribution in [2.45, 2.75) is 20.0 Å². The first kappa shape index (κ1) is 16.6. The molecule has 2 nitrogen and oxygen atoms in total. The molecule has 0 atom stereocenters. The van der Waals surface area contributed by atoms with Crippen LogP contribution in [0.2, 0.25) is 5.02 Å². The Hall–Kier alpha value is -2.27. The smallest absolute Gasteiger partial charge is 0.355 e. The van der Waals surface area contributed by atoms with E-state index < -0.39 is 11.7 Å². The van der Waals surface area contributed by atoms with Crippen LogP contribution in [0, 0.1) is 13.8 Å². The van der Waals surface area contributed by atoms with Crippen LogP contribution in [0.3, 0.4) is 0 Å². The number of fused-ring (bicyclic) bond motifs is 1. The van der Waals surface area contributed by atoms with Gasteiger partial charge in [-0.15, -0.1) is 0 Å². The molecular weight excluding hydrogens is 337 g/mol. The van der Waals surface area contributed by atoms with E-state index in [4.69, 9.17) is 11.6 Å². The van der Waals surface area contributed by atoms with E-state index in [0.29, 0.717) is 27.3 Å². The number of alkyl halides is 3. The van der Waals surface area contributed by atoms with E-state index in [9.17, 15) is 13.2 Å². The average Bonchev–Trinajstić information content (AvgIpc) is 2.49. The van der Waals surface area contributed by atoms with Crippen molar-refractivity contribution in [3.8, 4) is 0 Å². The highest BCUT2D eigenvalue weighted by Crippen LogP contribution is 2.34. The van der Waals surface area contributed by atoms with Gasteiger partial charge in [0.1, 0.15) is 0 Å². The summed E-state index contributed by atoms with van der Waals surface area (Å²) in [5.74, 6) is 0. The Kier molecular flexibility index (Phi) is 4.13. The van der Waals surface area contributed by atoms with Crippen LogP contribution in [0.1, 0.15) is 16.8 Å². The lowest BCUT2D eigenvalue weighted by atomic mass is 10.1. The lowest BCUT2D eigenvalue weighted by molar-refractivity contribution is -0.137. The Bertz CT molecular complexity index is 920. The second-order valence-corrected chi connectivity index (χ2v) is 6.06. The molecule has 0 aliphatic rings. The van der Waals surface area contributed by atoms with Gasteiger partial charge in [-0.05, 0) is 49.7 Å². The Morgan fingerprint density at radius 2 is 1.71 bits per heavy atom. The van der Waals surface area contributed by atoms with Gasteiger partial charge < -0.3 is 5.32 Å². The number of anilines is 2. The number of rotatable bonds is 2. The fourth-order valence-corrected chi connectivity index (χ4v) is 2.69. The zero-order valence-corrected chi connectivity index (χ0v) is 13.8. The maximum atomic E-state index is 12.9. The van der Waals surface area contributed by atoms with Gasteiger partial charge in [-0.3, -0.25) is 4.98 Å². The Labute approximate surface area is 142 Å². The van der Waals surface area contributed by atoms with Crippen LogP contribution in [0.5, 0.6) is 0 Å². The van der Waals surface area contributed by atoms with Crippen molar-refractivity contribution in [2.24, 2.45) is 0 Å². The summed E-state index contributed by atoms with van der Waals surface area (Å²) in [6, 6.07) is 10.8. The van der Waals surface area contributed by atoms with Crippen molar-refractivity contribution in [3.05, 3.63) is 64.3 Å². The van der Waals surface area contributed by atoms with Crippen LogP contribution in [0.25, 0.3) is 10.9 Å². The normalized spacial score (nSPS) is 11.8. The van der Waals surface area contributed by atoms with Crippen molar-refractivity contribution in [1.29, 1.82) is 0 Å². The molecule has 0 saturated carbocycles. The van der Waals surface area contributed by atoms with Gasteiger partial charge in [0.15, 0.2) is 0 Å². The van der Waals surface area contributed by atoms with Crippen LogP contribution in [-0.4, -0.2) is 4.98 Å². The molecule has 0 aliphatic heterocycles. The van der Waals surface area contributed by atoms with Gasteiger partial charge >= 0.3 is 6.18 Å². The Morgan fingerprint density at radius 3 is 2.42 bits per heavy atom. The molecule has 0 bridgehead atoms. The predicted molar refractivity (Wildman–Crippen MR) is 91.0 cm³/mol. The Morgan fingerprint density at radius 1 is 0.958 bits per heavy atom. The maximum absolute atomic E-state index is 12.9. The molecule has 0 amide bonds. The molecule has 2 aromatic carbocycles. The summed E-state index contributed by atoms with van der Waals surface area (Å²) in [5, 5.41) is 4.45. The van der Waals surface area contributed by atoms with Crippen LogP contribution in [0.15, 0.2) is 42.5 Å². The highest BCUT2D eigenvalue weighted by atomic mass is 35.5. The highest BCUT2D eigenvalue weighted by Gasteiger charge is 2.30. The molecule has 0 spiro atoms. The van der Waals surface area contributed by atoms with E-state index in [0.717, 1.165) is 23.4 Å². The summed E-state index contributed by atoms with van der Waals surface area (Å²) in [5.41, 5.74) is 2.69. The minimum absolute atomic E-state index is 0.298. The van der Waals surface area contributed by atoms with E-state index in [2.05, 4.69) is 10.3 Å². The number of hydrogen-bond acceptors (Lipinski definition) is 2. The Balaban J connectivity index is 2.12. The summed E-state index contributed by atoms with van der Waals surface area (Å²) in [6.45, 7) is 3.67. The number of benzene rings is 2. The molecule has 3 aromatic rings. The minimum atomic E-state index is -4.39. The summed E-state index contributed by atoms with van der Waals surface area (Å²) in [7, 11) is 0. The molecule has 3 rings (SSSR count). The fraction of sp³-hybridized carbons (Fsp3) is 0.167. The SMILES string of the molecule is Cc1cc(Nc2cc(Cl)ccc2C)c2ccc(C(F)(F)F)cc2n1. The number of nitrogens with one attached hydrogen (secondary N) is 1. The van der Waals surface area contributed by atoms with Gasteiger partial charge in [0.05, 0.1) is 11.1 Å². The summed E-state index contributed by atoms with van der Waals surface area (Å²) >= 11 is 6.03. The largest absolute Gasteiger partial charge is 0.416 e. The second-order valence-electron chi connectivity index (χ2n) is 5.63. The zero-order valence-electron chi connectivity index (χ0n) is 13.0. The molecule has 1 heterocycles. The van der Waals surface area contributed by atoms with Gasteiger partial charge in [-0.2, -0.15) is 13.2 Å². The van der Waals surface area contributed by atoms with Crippen molar-refractivity contribution in [3.63, 3.8) is 0 Å². The quantitative estimate of drug-likeness (QED) is 0.589. The molecule has 1 N–H and O–H groups in total. The van der Waals surface area contributed by atoms with Gasteiger partial charge in [0.25, 0.3) is 0 Å². The van der Waals surface area contributed by atoms with Gasteiger partial charge in [-0.1, -0.05) is 23.7 Å². The van der Waals surface area contributed by atoms with Crippen molar-refractivity contribution >= 4 is 33.9 Å². The number of nitrogens with zero attached hydrogens (tertiary/aromatic N) is 1. The van der Waals surface area contributed by atoms with Crippen molar-refractivity contribution < 1.29 is 13.2 Å². The first-order valence-electron chi connectivity index (χ1n) is 7.26. The van der Waals surface area contributed by atoms with Crippen LogP contribution >= 0.6 is 11.6 Å². The number of pyridine rings is 1. The third-order valence-corrected chi connectivity index (χ3v) is 3.97. The first-order chi connectivity index (χ1) is 11.2. The van der Waals surface area contributed by atoms with Crippen LogP contribution in [0.4, 0.5) is 24.5 Å². The molecular formula is C18H14ClF3N2. The zero-order chi connectivity index (χ0) is 17.5. The lowest BCUT2D eigenvalue weighted by Crippen LogP contribution is -2.05. The minimum Gasteiger partial charge on any atom is -0.355 e. The summed E-state index contributed by atoms with van der Waals surface area (Å²) in [4.78, 5) is 4.23. The molecule has 6 heteroatoms. The van der Waals surface area contributed by atoms with Crippen LogP contribution < -0.4 is 5.32 Å². The average molecular weight is 351 g/mol. The van der Waals surface area contributed by atoms with Crippen molar-refractivity contribution in [1.82, 2.24) is 4.98 Å². The van der Waals surface area contributed by atoms with Crippen LogP contribution in [-0.2, 0) is 6.18 Å². The number of aryl methyl sites for hydroxylation is 2. The van der Waals surface area contributed by atoms with E-state index in [1.165, 1.54) is 6.07 Å². The van der Waals surface area contributed by atoms with Gasteiger partial charge in [0, 0.05) is 27.5 Å². The van der Waals surface area contributed by atoms with Crippen molar-refractivity contribution in [2.75, 3.05) is 5.32 Å². The topological polar surface area (TPSA) is 24.9 Å². The molecule has 0 fully saturated rings. The number of aromatic nitrogens is 1. The molecule has 1 aromatic heterocycles. The standard InChI is InChI=1S/C18H14ClF3N2/c1-10-3-5-13(19)9-15(10)24-16-7-11(2)23-17-8-12(18(20,21)22)4-6-14(16)17/h3-9H,1-2H3,(H,23,24). The van der Waals surface area contributed by atoms with E-state index in [1.54, 1.807) is 25.1 Å². The third-order valence-electron chi connectivity index (χ3n) is 3.73. The number of hydrogen-bond donors (Lipinski definition) is 1. The third kappa shape index (κ3) is 3.31. The van der Waals surface area contributed by atoms with E-state index >= 15 is 0 Å². The van der Waals surface area contributed by atoms with Gasteiger partial charge in [-0.25, -0.2) is 0 Å². The van der Waals surface area contributed by atoms with Gasteiger partial charge in [0.2, 0.25) is 0 Å². The summed E-state index contributed by atoms with van der Waals surface area (Å²) in [6.07, 6.45) is -4.39. The van der Waals surface area contributed by atoms with E-state index in [1.807, 2.05) is 13.0 Å². The lowest BCUT2D eigenvalue weighted by Gasteiger charge is -2.14. The molecule has 0 aliphatic carbocycles. The number of halogens is 4. The fourth-order valence-electron chi connectivity index (χ4n) is 2.51. The summed E-state index contributed by atoms with van der Waals surface area (Å²) < 4.78 is 38.7. The first-order valence-corrected chi connectivity index (χ1v) is 7.63. The second kappa shape index (κ2) is 5.98. The highest BCUT2D eigenvalue weighted by molar-refractivity contribution is 6.30. The van der Waals surface area contributed by atoms with E-state index in [-0.39, 0.29) is 0 Å². The molecule has 0 saturated heterocycles. The maximum Gasteiger partial charge on any atom is 0.416 e.